The summed E-state index contributed by atoms with van der Waals surface area (Å²) < 4.78 is 4.75. The van der Waals surface area contributed by atoms with Gasteiger partial charge in [-0.25, -0.2) is 4.98 Å². The molecule has 9 aromatic rings. The van der Waals surface area contributed by atoms with Gasteiger partial charge in [0.25, 0.3) is 0 Å². The molecule has 1 N–H and O–H groups in total. The van der Waals surface area contributed by atoms with E-state index >= 15 is 0 Å². The molecule has 0 saturated carbocycles. The average Bonchev–Trinajstić information content (AvgIpc) is 3.68. The molecule has 0 amide bonds. The Morgan fingerprint density at radius 3 is 1.79 bits per heavy atom. The Balaban J connectivity index is 1.46. The molecule has 4 nitrogen and oxygen atoms in total. The minimum atomic E-state index is 0.835. The van der Waals surface area contributed by atoms with Crippen LogP contribution in [0.5, 0.6) is 0 Å². The van der Waals surface area contributed by atoms with Crippen LogP contribution in [0.25, 0.3) is 83.6 Å². The SMILES string of the molecule is C=Cc1c(C=N)cccc1-n1c2ccccc2c2c1ccc1c3ccccc3n(-c3cc(-c4ccccc4)nc(-c4ccccc4)c3)c12. The van der Waals surface area contributed by atoms with Crippen LogP contribution in [-0.4, -0.2) is 20.3 Å². The third-order valence-corrected chi connectivity index (χ3v) is 9.39. The molecule has 0 fully saturated rings. The molecule has 0 saturated heterocycles. The summed E-state index contributed by atoms with van der Waals surface area (Å²) >= 11 is 0. The first-order valence-electron chi connectivity index (χ1n) is 16.1. The molecule has 0 unspecified atom stereocenters. The molecule has 3 heterocycles. The normalized spacial score (nSPS) is 11.5. The van der Waals surface area contributed by atoms with Gasteiger partial charge in [0.05, 0.1) is 44.8 Å². The molecule has 0 aliphatic rings. The molecule has 226 valence electrons. The van der Waals surface area contributed by atoms with Crippen LogP contribution in [0.2, 0.25) is 0 Å². The number of nitrogens with one attached hydrogen (secondary N) is 1. The van der Waals surface area contributed by atoms with Crippen molar-refractivity contribution < 1.29 is 0 Å². The fourth-order valence-electron chi connectivity index (χ4n) is 7.31. The fourth-order valence-corrected chi connectivity index (χ4v) is 7.31. The lowest BCUT2D eigenvalue weighted by atomic mass is 10.1. The maximum absolute atomic E-state index is 8.10. The van der Waals surface area contributed by atoms with Crippen molar-refractivity contribution >= 4 is 55.9 Å². The summed E-state index contributed by atoms with van der Waals surface area (Å²) in [5.74, 6) is 0. The first kappa shape index (κ1) is 27.8. The number of aromatic nitrogens is 3. The van der Waals surface area contributed by atoms with Crippen molar-refractivity contribution in [1.82, 2.24) is 14.1 Å². The van der Waals surface area contributed by atoms with Gasteiger partial charge in [-0.3, -0.25) is 0 Å². The average molecular weight is 615 g/mol. The van der Waals surface area contributed by atoms with E-state index in [-0.39, 0.29) is 0 Å². The van der Waals surface area contributed by atoms with Gasteiger partial charge in [-0.2, -0.15) is 0 Å². The van der Waals surface area contributed by atoms with Crippen LogP contribution in [0, 0.1) is 5.41 Å². The first-order chi connectivity index (χ1) is 23.7. The van der Waals surface area contributed by atoms with Gasteiger partial charge in [0.1, 0.15) is 0 Å². The molecule has 0 atom stereocenters. The number of hydrogen-bond acceptors (Lipinski definition) is 2. The van der Waals surface area contributed by atoms with Gasteiger partial charge in [-0.15, -0.1) is 0 Å². The second-order valence-corrected chi connectivity index (χ2v) is 12.0. The first-order valence-corrected chi connectivity index (χ1v) is 16.1. The highest BCUT2D eigenvalue weighted by atomic mass is 15.0. The van der Waals surface area contributed by atoms with E-state index in [2.05, 4.69) is 143 Å². The van der Waals surface area contributed by atoms with Gasteiger partial charge in [0, 0.05) is 50.0 Å². The summed E-state index contributed by atoms with van der Waals surface area (Å²) in [7, 11) is 0. The van der Waals surface area contributed by atoms with E-state index < -0.39 is 0 Å². The number of pyridine rings is 1. The zero-order valence-electron chi connectivity index (χ0n) is 26.1. The lowest BCUT2D eigenvalue weighted by molar-refractivity contribution is 1.16. The Kier molecular flexibility index (Phi) is 6.41. The van der Waals surface area contributed by atoms with Gasteiger partial charge < -0.3 is 14.5 Å². The molecule has 4 heteroatoms. The Bertz CT molecular complexity index is 2640. The summed E-state index contributed by atoms with van der Waals surface area (Å²) in [6.07, 6.45) is 3.27. The van der Waals surface area contributed by atoms with Crippen molar-refractivity contribution in [3.05, 3.63) is 169 Å². The van der Waals surface area contributed by atoms with Crippen LogP contribution in [0.1, 0.15) is 11.1 Å². The molecule has 0 spiro atoms. The molecular formula is C44H30N4. The van der Waals surface area contributed by atoms with Crippen molar-refractivity contribution in [3.8, 4) is 33.9 Å². The van der Waals surface area contributed by atoms with E-state index in [4.69, 9.17) is 10.4 Å². The minimum Gasteiger partial charge on any atom is -0.309 e. The number of hydrogen-bond donors (Lipinski definition) is 1. The third-order valence-electron chi connectivity index (χ3n) is 9.39. The quantitative estimate of drug-likeness (QED) is 0.186. The Morgan fingerprint density at radius 1 is 0.542 bits per heavy atom. The molecule has 48 heavy (non-hydrogen) atoms. The van der Waals surface area contributed by atoms with Gasteiger partial charge in [-0.1, -0.05) is 128 Å². The van der Waals surface area contributed by atoms with Gasteiger partial charge in [0.15, 0.2) is 0 Å². The monoisotopic (exact) mass is 614 g/mol. The van der Waals surface area contributed by atoms with Crippen LogP contribution in [0.4, 0.5) is 0 Å². The lowest BCUT2D eigenvalue weighted by Crippen LogP contribution is -2.00. The molecule has 9 rings (SSSR count). The van der Waals surface area contributed by atoms with Crippen molar-refractivity contribution in [2.75, 3.05) is 0 Å². The molecule has 0 aliphatic heterocycles. The zero-order valence-corrected chi connectivity index (χ0v) is 26.1. The van der Waals surface area contributed by atoms with Crippen molar-refractivity contribution in [3.63, 3.8) is 0 Å². The summed E-state index contributed by atoms with van der Waals surface area (Å²) in [5.41, 5.74) is 12.3. The second-order valence-electron chi connectivity index (χ2n) is 12.0. The maximum Gasteiger partial charge on any atom is 0.0730 e. The van der Waals surface area contributed by atoms with E-state index in [0.717, 1.165) is 72.5 Å². The molecule has 0 radical (unpaired) electrons. The van der Waals surface area contributed by atoms with Crippen molar-refractivity contribution in [1.29, 1.82) is 5.41 Å². The van der Waals surface area contributed by atoms with E-state index in [1.54, 1.807) is 0 Å². The number of para-hydroxylation sites is 2. The third kappa shape index (κ3) is 4.16. The van der Waals surface area contributed by atoms with E-state index in [0.29, 0.717) is 0 Å². The second kappa shape index (κ2) is 11.1. The van der Waals surface area contributed by atoms with Crippen LogP contribution in [-0.2, 0) is 0 Å². The van der Waals surface area contributed by atoms with E-state index in [1.165, 1.54) is 22.4 Å². The van der Waals surface area contributed by atoms with Gasteiger partial charge in [-0.05, 0) is 36.4 Å². The summed E-state index contributed by atoms with van der Waals surface area (Å²) in [6.45, 7) is 4.14. The molecule has 3 aromatic heterocycles. The molecule has 0 aliphatic carbocycles. The Labute approximate surface area is 278 Å². The summed E-state index contributed by atoms with van der Waals surface area (Å²) in [4.78, 5) is 5.19. The predicted octanol–water partition coefficient (Wildman–Crippen LogP) is 11.3. The highest BCUT2D eigenvalue weighted by molar-refractivity contribution is 6.26. The largest absolute Gasteiger partial charge is 0.309 e. The van der Waals surface area contributed by atoms with Crippen LogP contribution in [0.15, 0.2) is 158 Å². The Hall–Kier alpha value is -6.52. The van der Waals surface area contributed by atoms with Crippen LogP contribution >= 0.6 is 0 Å². The van der Waals surface area contributed by atoms with Crippen LogP contribution in [0.3, 0.4) is 0 Å². The fraction of sp³-hybridized carbons (Fsp3) is 0. The topological polar surface area (TPSA) is 46.6 Å². The number of benzene rings is 6. The van der Waals surface area contributed by atoms with Crippen molar-refractivity contribution in [2.24, 2.45) is 0 Å². The van der Waals surface area contributed by atoms with E-state index in [1.807, 2.05) is 30.3 Å². The standard InChI is InChI=1S/C44H30N4/c1-2-33-31(28-45)18-13-23-39(33)48-41-22-12-10-20-36(41)43-42(48)25-24-35-34-19-9-11-21-40(34)47(44(35)43)32-26-37(29-14-5-3-6-15-29)46-38(27-32)30-16-7-4-8-17-30/h2-28,45H,1H2. The zero-order chi connectivity index (χ0) is 32.2. The van der Waals surface area contributed by atoms with Gasteiger partial charge in [0.2, 0.25) is 0 Å². The summed E-state index contributed by atoms with van der Waals surface area (Å²) in [5, 5.41) is 12.8. The minimum absolute atomic E-state index is 0.835. The lowest BCUT2D eigenvalue weighted by Gasteiger charge is -2.14. The Morgan fingerprint density at radius 2 is 1.15 bits per heavy atom. The van der Waals surface area contributed by atoms with Gasteiger partial charge >= 0.3 is 0 Å². The molecule has 0 bridgehead atoms. The molecular weight excluding hydrogens is 585 g/mol. The summed E-state index contributed by atoms with van der Waals surface area (Å²) in [6, 6.07) is 53.2. The smallest absolute Gasteiger partial charge is 0.0730 e. The van der Waals surface area contributed by atoms with Crippen LogP contribution < -0.4 is 0 Å². The van der Waals surface area contributed by atoms with Crippen molar-refractivity contribution in [2.45, 2.75) is 0 Å². The number of nitrogens with zero attached hydrogens (tertiary/aromatic N) is 3. The van der Waals surface area contributed by atoms with E-state index in [9.17, 15) is 0 Å². The highest BCUT2D eigenvalue weighted by Crippen LogP contribution is 2.43. The highest BCUT2D eigenvalue weighted by Gasteiger charge is 2.22. The number of rotatable bonds is 6. The molecule has 6 aromatic carbocycles. The number of fused-ring (bicyclic) bond motifs is 7. The maximum atomic E-state index is 8.10. The predicted molar refractivity (Wildman–Crippen MR) is 202 cm³/mol.